The van der Waals surface area contributed by atoms with E-state index in [2.05, 4.69) is 0 Å². The minimum absolute atomic E-state index is 0.226. The van der Waals surface area contributed by atoms with Crippen molar-refractivity contribution >= 4 is 23.4 Å². The molecule has 9 nitrogen and oxygen atoms in total. The van der Waals surface area contributed by atoms with Gasteiger partial charge < -0.3 is 30.2 Å². The summed E-state index contributed by atoms with van der Waals surface area (Å²) in [5, 5.41) is 21.5. The van der Waals surface area contributed by atoms with E-state index in [1.54, 1.807) is 62.4 Å². The van der Waals surface area contributed by atoms with Gasteiger partial charge in [0.15, 0.2) is 11.9 Å². The maximum Gasteiger partial charge on any atom is 0.338 e. The second kappa shape index (κ2) is 11.7. The molecule has 0 unspecified atom stereocenters. The number of ketones is 1. The number of nitrogens with two attached hydrogens (primary N) is 1. The molecular formula is C26H29NO8. The summed E-state index contributed by atoms with van der Waals surface area (Å²) < 4.78 is 16.5. The van der Waals surface area contributed by atoms with Gasteiger partial charge in [0.1, 0.15) is 31.0 Å². The summed E-state index contributed by atoms with van der Waals surface area (Å²) in [5.41, 5.74) is 7.01. The number of esters is 2. The molecule has 186 valence electrons. The fraction of sp³-hybridized carbons (Fsp3) is 0.346. The summed E-state index contributed by atoms with van der Waals surface area (Å²) in [5.74, 6) is -1.77. The zero-order valence-corrected chi connectivity index (χ0v) is 19.5. The van der Waals surface area contributed by atoms with Gasteiger partial charge in [-0.3, -0.25) is 4.79 Å². The Morgan fingerprint density at radius 3 is 2.31 bits per heavy atom. The number of aliphatic hydroxyl groups excluding tert-OH is 2. The first-order valence-electron chi connectivity index (χ1n) is 11.2. The first-order chi connectivity index (χ1) is 16.7. The Labute approximate surface area is 203 Å². The average Bonchev–Trinajstić information content (AvgIpc) is 2.87. The molecular weight excluding hydrogens is 454 g/mol. The predicted molar refractivity (Wildman–Crippen MR) is 127 cm³/mol. The van der Waals surface area contributed by atoms with Crippen molar-refractivity contribution in [3.05, 3.63) is 77.4 Å². The fourth-order valence-corrected chi connectivity index (χ4v) is 3.66. The molecule has 9 heteroatoms. The van der Waals surface area contributed by atoms with E-state index in [-0.39, 0.29) is 29.8 Å². The monoisotopic (exact) mass is 483 g/mol. The minimum Gasteiger partial charge on any atom is -0.459 e. The number of aliphatic hydroxyl groups is 2. The SMILES string of the molecule is C/C=C(\C)C(=O)OC[C@H]1O[C@@H](CC(=O)c2ccccc2N)[C@H](OC(=O)c2ccccc2)[C@@H](O)[C@@H]1O. The summed E-state index contributed by atoms with van der Waals surface area (Å²) in [7, 11) is 0. The van der Waals surface area contributed by atoms with Gasteiger partial charge in [0.25, 0.3) is 0 Å². The van der Waals surface area contributed by atoms with Crippen LogP contribution in [-0.2, 0) is 19.0 Å². The molecule has 0 spiro atoms. The molecule has 1 saturated heterocycles. The van der Waals surface area contributed by atoms with Crippen molar-refractivity contribution in [1.29, 1.82) is 0 Å². The Hall–Kier alpha value is -3.53. The maximum absolute atomic E-state index is 13.0. The first kappa shape index (κ1) is 26.1. The van der Waals surface area contributed by atoms with E-state index >= 15 is 0 Å². The Morgan fingerprint density at radius 2 is 1.66 bits per heavy atom. The lowest BCUT2D eigenvalue weighted by Crippen LogP contribution is -2.60. The van der Waals surface area contributed by atoms with Crippen LogP contribution < -0.4 is 5.73 Å². The van der Waals surface area contributed by atoms with Crippen LogP contribution in [0, 0.1) is 0 Å². The second-order valence-electron chi connectivity index (χ2n) is 8.21. The van der Waals surface area contributed by atoms with Crippen molar-refractivity contribution < 1.29 is 38.8 Å². The molecule has 0 aliphatic carbocycles. The topological polar surface area (TPSA) is 145 Å². The Balaban J connectivity index is 1.82. The number of hydrogen-bond donors (Lipinski definition) is 3. The van der Waals surface area contributed by atoms with Crippen LogP contribution in [0.2, 0.25) is 0 Å². The molecule has 1 aliphatic heterocycles. The number of carbonyl (C=O) groups is 3. The van der Waals surface area contributed by atoms with Crippen molar-refractivity contribution in [2.45, 2.75) is 50.8 Å². The number of nitrogen functional groups attached to an aromatic ring is 1. The van der Waals surface area contributed by atoms with E-state index < -0.39 is 48.2 Å². The highest BCUT2D eigenvalue weighted by atomic mass is 16.6. The van der Waals surface area contributed by atoms with Gasteiger partial charge in [-0.25, -0.2) is 9.59 Å². The van der Waals surface area contributed by atoms with Crippen LogP contribution in [0.15, 0.2) is 66.2 Å². The maximum atomic E-state index is 13.0. The third kappa shape index (κ3) is 6.33. The van der Waals surface area contributed by atoms with Crippen molar-refractivity contribution in [3.8, 4) is 0 Å². The molecule has 1 aliphatic rings. The number of carbonyl (C=O) groups excluding carboxylic acids is 3. The van der Waals surface area contributed by atoms with Gasteiger partial charge in [0.2, 0.25) is 0 Å². The number of rotatable bonds is 8. The zero-order chi connectivity index (χ0) is 25.5. The lowest BCUT2D eigenvalue weighted by atomic mass is 9.91. The molecule has 0 radical (unpaired) electrons. The van der Waals surface area contributed by atoms with E-state index in [1.807, 2.05) is 0 Å². The molecule has 0 bridgehead atoms. The summed E-state index contributed by atoms with van der Waals surface area (Å²) in [6, 6.07) is 14.6. The third-order valence-electron chi connectivity index (χ3n) is 5.82. The van der Waals surface area contributed by atoms with E-state index in [1.165, 1.54) is 12.1 Å². The van der Waals surface area contributed by atoms with E-state index in [0.29, 0.717) is 5.57 Å². The molecule has 1 heterocycles. The molecule has 3 rings (SSSR count). The van der Waals surface area contributed by atoms with Crippen LogP contribution >= 0.6 is 0 Å². The quantitative estimate of drug-likeness (QED) is 0.222. The van der Waals surface area contributed by atoms with Crippen molar-refractivity contribution in [2.24, 2.45) is 0 Å². The highest BCUT2D eigenvalue weighted by Crippen LogP contribution is 2.29. The molecule has 2 aromatic carbocycles. The number of Topliss-reactive ketones (excluding diaryl/α,β-unsaturated/α-hetero) is 1. The summed E-state index contributed by atoms with van der Waals surface area (Å²) in [6.45, 7) is 2.87. The van der Waals surface area contributed by atoms with Crippen molar-refractivity contribution in [2.75, 3.05) is 12.3 Å². The van der Waals surface area contributed by atoms with Gasteiger partial charge in [0.05, 0.1) is 5.56 Å². The molecule has 35 heavy (non-hydrogen) atoms. The Morgan fingerprint density at radius 1 is 1.00 bits per heavy atom. The predicted octanol–water partition coefficient (Wildman–Crippen LogP) is 2.07. The third-order valence-corrected chi connectivity index (χ3v) is 5.82. The number of benzene rings is 2. The van der Waals surface area contributed by atoms with E-state index in [4.69, 9.17) is 19.9 Å². The van der Waals surface area contributed by atoms with Gasteiger partial charge in [-0.2, -0.15) is 0 Å². The lowest BCUT2D eigenvalue weighted by Gasteiger charge is -2.42. The molecule has 1 fully saturated rings. The number of hydrogen-bond acceptors (Lipinski definition) is 9. The molecule has 0 amide bonds. The zero-order valence-electron chi connectivity index (χ0n) is 19.5. The lowest BCUT2D eigenvalue weighted by molar-refractivity contribution is -0.230. The largest absolute Gasteiger partial charge is 0.459 e. The van der Waals surface area contributed by atoms with Gasteiger partial charge in [-0.05, 0) is 38.1 Å². The molecule has 0 aromatic heterocycles. The van der Waals surface area contributed by atoms with Crippen molar-refractivity contribution in [1.82, 2.24) is 0 Å². The average molecular weight is 484 g/mol. The van der Waals surface area contributed by atoms with Crippen LogP contribution in [-0.4, -0.2) is 65.1 Å². The second-order valence-corrected chi connectivity index (χ2v) is 8.21. The molecule has 0 saturated carbocycles. The van der Waals surface area contributed by atoms with E-state index in [0.717, 1.165) is 0 Å². The van der Waals surface area contributed by atoms with Gasteiger partial charge in [0, 0.05) is 23.2 Å². The number of allylic oxidation sites excluding steroid dienone is 1. The van der Waals surface area contributed by atoms with Gasteiger partial charge >= 0.3 is 11.9 Å². The fourth-order valence-electron chi connectivity index (χ4n) is 3.66. The highest BCUT2D eigenvalue weighted by molar-refractivity contribution is 6.01. The summed E-state index contributed by atoms with van der Waals surface area (Å²) in [4.78, 5) is 37.7. The van der Waals surface area contributed by atoms with Crippen LogP contribution in [0.1, 0.15) is 41.0 Å². The van der Waals surface area contributed by atoms with E-state index in [9.17, 15) is 24.6 Å². The van der Waals surface area contributed by atoms with Crippen LogP contribution in [0.3, 0.4) is 0 Å². The molecule has 2 aromatic rings. The summed E-state index contributed by atoms with van der Waals surface area (Å²) in [6.07, 6.45) is -5.54. The normalized spacial score (nSPS) is 24.5. The Kier molecular flexibility index (Phi) is 8.75. The molecule has 5 atom stereocenters. The summed E-state index contributed by atoms with van der Waals surface area (Å²) >= 11 is 0. The number of para-hydroxylation sites is 1. The minimum atomic E-state index is -1.60. The molecule has 4 N–H and O–H groups in total. The van der Waals surface area contributed by atoms with Crippen LogP contribution in [0.5, 0.6) is 0 Å². The van der Waals surface area contributed by atoms with Crippen LogP contribution in [0.25, 0.3) is 0 Å². The standard InChI is InChI=1S/C26H29NO8/c1-3-15(2)25(31)33-14-21-22(29)23(30)24(35-26(32)16-9-5-4-6-10-16)20(34-21)13-19(28)17-11-7-8-12-18(17)27/h3-12,20-24,29-30H,13-14,27H2,1-2H3/b15-3+/t20-,21+,22+,23-,24-/m0/s1. The highest BCUT2D eigenvalue weighted by Gasteiger charge is 2.47. The number of anilines is 1. The smallest absolute Gasteiger partial charge is 0.338 e. The van der Waals surface area contributed by atoms with Gasteiger partial charge in [-0.15, -0.1) is 0 Å². The van der Waals surface area contributed by atoms with Crippen LogP contribution in [0.4, 0.5) is 5.69 Å². The Bertz CT molecular complexity index is 1080. The number of ether oxygens (including phenoxy) is 3. The van der Waals surface area contributed by atoms with Crippen molar-refractivity contribution in [3.63, 3.8) is 0 Å². The first-order valence-corrected chi connectivity index (χ1v) is 11.2. The van der Waals surface area contributed by atoms with Gasteiger partial charge in [-0.1, -0.05) is 36.4 Å².